The average molecular weight is 282 g/mol. The van der Waals surface area contributed by atoms with Crippen LogP contribution in [0.1, 0.15) is 45.4 Å². The molecule has 2 aliphatic carbocycles. The van der Waals surface area contributed by atoms with Gasteiger partial charge in [0.2, 0.25) is 5.91 Å². The Morgan fingerprint density at radius 1 is 1.20 bits per heavy atom. The van der Waals surface area contributed by atoms with Crippen LogP contribution in [0.5, 0.6) is 0 Å². The minimum absolute atomic E-state index is 0.106. The molecule has 0 aromatic carbocycles. The van der Waals surface area contributed by atoms with Crippen LogP contribution in [0.25, 0.3) is 0 Å². The third kappa shape index (κ3) is 3.95. The van der Waals surface area contributed by atoms with E-state index < -0.39 is 5.54 Å². The first kappa shape index (κ1) is 15.3. The quantitative estimate of drug-likeness (QED) is 0.719. The average Bonchev–Trinajstić information content (AvgIpc) is 3.25. The van der Waals surface area contributed by atoms with Crippen LogP contribution in [0.4, 0.5) is 0 Å². The first-order valence-electron chi connectivity index (χ1n) is 7.66. The molecule has 20 heavy (non-hydrogen) atoms. The summed E-state index contributed by atoms with van der Waals surface area (Å²) in [5, 5.41) is 6.08. The fraction of sp³-hybridized carbons (Fsp3) is 0.867. The second-order valence-corrected chi connectivity index (χ2v) is 6.38. The van der Waals surface area contributed by atoms with Gasteiger partial charge in [0.1, 0.15) is 5.54 Å². The normalized spacial score (nSPS) is 29.8. The molecular weight excluding hydrogens is 256 g/mol. The Labute approximate surface area is 120 Å². The summed E-state index contributed by atoms with van der Waals surface area (Å²) >= 11 is 0. The van der Waals surface area contributed by atoms with Crippen molar-refractivity contribution in [1.29, 1.82) is 0 Å². The summed E-state index contributed by atoms with van der Waals surface area (Å²) in [6.07, 6.45) is 5.78. The lowest BCUT2D eigenvalue weighted by molar-refractivity contribution is -0.153. The molecule has 2 N–H and O–H groups in total. The Hall–Kier alpha value is -1.10. The SMILES string of the molecule is COC(=O)C1(NC(=O)CNCC2CC2)CCC(C)CC1. The molecule has 0 saturated heterocycles. The predicted molar refractivity (Wildman–Crippen MR) is 76.1 cm³/mol. The minimum Gasteiger partial charge on any atom is -0.467 e. The molecule has 0 spiro atoms. The molecule has 5 nitrogen and oxygen atoms in total. The summed E-state index contributed by atoms with van der Waals surface area (Å²) in [6.45, 7) is 3.36. The van der Waals surface area contributed by atoms with Gasteiger partial charge in [-0.3, -0.25) is 4.79 Å². The maximum absolute atomic E-state index is 12.1. The van der Waals surface area contributed by atoms with Crippen molar-refractivity contribution < 1.29 is 14.3 Å². The smallest absolute Gasteiger partial charge is 0.331 e. The van der Waals surface area contributed by atoms with Crippen LogP contribution in [0.2, 0.25) is 0 Å². The second-order valence-electron chi connectivity index (χ2n) is 6.38. The maximum Gasteiger partial charge on any atom is 0.331 e. The highest BCUT2D eigenvalue weighted by Crippen LogP contribution is 2.32. The number of ether oxygens (including phenoxy) is 1. The first-order valence-corrected chi connectivity index (χ1v) is 7.66. The van der Waals surface area contributed by atoms with Crippen LogP contribution in [0, 0.1) is 11.8 Å². The van der Waals surface area contributed by atoms with Gasteiger partial charge in [0.15, 0.2) is 0 Å². The van der Waals surface area contributed by atoms with Crippen molar-refractivity contribution >= 4 is 11.9 Å². The molecule has 2 aliphatic rings. The van der Waals surface area contributed by atoms with E-state index in [1.54, 1.807) is 0 Å². The molecule has 0 aromatic heterocycles. The van der Waals surface area contributed by atoms with E-state index in [1.807, 2.05) is 0 Å². The van der Waals surface area contributed by atoms with Crippen molar-refractivity contribution in [2.45, 2.75) is 51.0 Å². The highest BCUT2D eigenvalue weighted by Gasteiger charge is 2.43. The van der Waals surface area contributed by atoms with Crippen LogP contribution >= 0.6 is 0 Å². The molecule has 0 radical (unpaired) electrons. The lowest BCUT2D eigenvalue weighted by Gasteiger charge is -2.37. The summed E-state index contributed by atoms with van der Waals surface area (Å²) < 4.78 is 4.91. The molecule has 0 unspecified atom stereocenters. The Morgan fingerprint density at radius 2 is 1.85 bits per heavy atom. The van der Waals surface area contributed by atoms with Crippen LogP contribution < -0.4 is 10.6 Å². The zero-order valence-electron chi connectivity index (χ0n) is 12.5. The fourth-order valence-corrected chi connectivity index (χ4v) is 2.85. The Kier molecular flexibility index (Phi) is 5.02. The van der Waals surface area contributed by atoms with Gasteiger partial charge in [0.05, 0.1) is 13.7 Å². The molecule has 0 heterocycles. The third-order valence-electron chi connectivity index (χ3n) is 4.50. The van der Waals surface area contributed by atoms with Gasteiger partial charge in [-0.15, -0.1) is 0 Å². The van der Waals surface area contributed by atoms with Crippen LogP contribution in [0.15, 0.2) is 0 Å². The van der Waals surface area contributed by atoms with E-state index in [2.05, 4.69) is 17.6 Å². The number of hydrogen-bond donors (Lipinski definition) is 2. The van der Waals surface area contributed by atoms with Gasteiger partial charge < -0.3 is 15.4 Å². The zero-order valence-corrected chi connectivity index (χ0v) is 12.5. The standard InChI is InChI=1S/C15H26N2O3/c1-11-5-7-15(8-6-11,14(19)20-2)17-13(18)10-16-9-12-3-4-12/h11-12,16H,3-10H2,1-2H3,(H,17,18). The molecule has 0 atom stereocenters. The van der Waals surface area contributed by atoms with Gasteiger partial charge in [-0.1, -0.05) is 6.92 Å². The van der Waals surface area contributed by atoms with Crippen LogP contribution in [-0.4, -0.2) is 37.6 Å². The molecule has 0 bridgehead atoms. The van der Waals surface area contributed by atoms with Gasteiger partial charge in [-0.2, -0.15) is 0 Å². The van der Waals surface area contributed by atoms with E-state index in [0.29, 0.717) is 18.8 Å². The monoisotopic (exact) mass is 282 g/mol. The summed E-state index contributed by atoms with van der Waals surface area (Å²) in [5.41, 5.74) is -0.806. The molecule has 114 valence electrons. The topological polar surface area (TPSA) is 67.4 Å². The van der Waals surface area contributed by atoms with Gasteiger partial charge in [-0.25, -0.2) is 4.79 Å². The van der Waals surface area contributed by atoms with E-state index >= 15 is 0 Å². The third-order valence-corrected chi connectivity index (χ3v) is 4.50. The van der Waals surface area contributed by atoms with E-state index in [4.69, 9.17) is 4.74 Å². The van der Waals surface area contributed by atoms with Gasteiger partial charge >= 0.3 is 5.97 Å². The molecular formula is C15H26N2O3. The van der Waals surface area contributed by atoms with E-state index in [9.17, 15) is 9.59 Å². The number of nitrogens with one attached hydrogen (secondary N) is 2. The van der Waals surface area contributed by atoms with E-state index in [0.717, 1.165) is 25.3 Å². The molecule has 2 fully saturated rings. The van der Waals surface area contributed by atoms with E-state index in [-0.39, 0.29) is 18.4 Å². The minimum atomic E-state index is -0.806. The predicted octanol–water partition coefficient (Wildman–Crippen LogP) is 1.22. The lowest BCUT2D eigenvalue weighted by atomic mass is 9.77. The number of carbonyl (C=O) groups is 2. The first-order chi connectivity index (χ1) is 9.55. The van der Waals surface area contributed by atoms with Crippen molar-refractivity contribution in [2.75, 3.05) is 20.2 Å². The van der Waals surface area contributed by atoms with Gasteiger partial charge in [0.25, 0.3) is 0 Å². The summed E-state index contributed by atoms with van der Waals surface area (Å²) in [7, 11) is 1.39. The van der Waals surface area contributed by atoms with Crippen molar-refractivity contribution in [3.05, 3.63) is 0 Å². The Morgan fingerprint density at radius 3 is 2.40 bits per heavy atom. The number of methoxy groups -OCH3 is 1. The van der Waals surface area contributed by atoms with E-state index in [1.165, 1.54) is 20.0 Å². The van der Waals surface area contributed by atoms with Crippen molar-refractivity contribution in [3.63, 3.8) is 0 Å². The van der Waals surface area contributed by atoms with Crippen LogP contribution in [0.3, 0.4) is 0 Å². The summed E-state index contributed by atoms with van der Waals surface area (Å²) in [5.74, 6) is 0.941. The molecule has 1 amide bonds. The largest absolute Gasteiger partial charge is 0.467 e. The van der Waals surface area contributed by atoms with Crippen molar-refractivity contribution in [3.8, 4) is 0 Å². The molecule has 2 saturated carbocycles. The Balaban J connectivity index is 1.85. The molecule has 2 rings (SSSR count). The number of hydrogen-bond acceptors (Lipinski definition) is 4. The second kappa shape index (κ2) is 6.57. The highest BCUT2D eigenvalue weighted by atomic mass is 16.5. The van der Waals surface area contributed by atoms with Gasteiger partial charge in [0, 0.05) is 0 Å². The molecule has 5 heteroatoms. The molecule has 0 aliphatic heterocycles. The summed E-state index contributed by atoms with van der Waals surface area (Å²) in [4.78, 5) is 24.1. The highest BCUT2D eigenvalue weighted by molar-refractivity contribution is 5.88. The summed E-state index contributed by atoms with van der Waals surface area (Å²) in [6, 6.07) is 0. The van der Waals surface area contributed by atoms with Gasteiger partial charge in [-0.05, 0) is 56.9 Å². The lowest BCUT2D eigenvalue weighted by Crippen LogP contribution is -2.58. The molecule has 0 aromatic rings. The zero-order chi connectivity index (χ0) is 14.6. The number of rotatable bonds is 6. The van der Waals surface area contributed by atoms with Crippen LogP contribution in [-0.2, 0) is 14.3 Å². The number of carbonyl (C=O) groups excluding carboxylic acids is 2. The van der Waals surface area contributed by atoms with Crippen molar-refractivity contribution in [1.82, 2.24) is 10.6 Å². The fourth-order valence-electron chi connectivity index (χ4n) is 2.85. The maximum atomic E-state index is 12.1. The number of amides is 1. The van der Waals surface area contributed by atoms with Crippen molar-refractivity contribution in [2.24, 2.45) is 11.8 Å². The Bertz CT molecular complexity index is 358. The number of esters is 1.